The number of benzene rings is 2. The maximum Gasteiger partial charge on any atom is 0.122 e. The zero-order valence-corrected chi connectivity index (χ0v) is 11.1. The second-order valence-corrected chi connectivity index (χ2v) is 4.98. The lowest BCUT2D eigenvalue weighted by Crippen LogP contribution is -2.14. The van der Waals surface area contributed by atoms with E-state index >= 15 is 0 Å². The molecule has 0 aliphatic carbocycles. The third-order valence-electron chi connectivity index (χ3n) is 3.47. The average molecular weight is 253 g/mol. The normalized spacial score (nSPS) is 13.7. The maximum atomic E-state index is 5.63. The van der Waals surface area contributed by atoms with Crippen LogP contribution in [0.2, 0.25) is 0 Å². The molecule has 3 rings (SSSR count). The first-order valence-corrected chi connectivity index (χ1v) is 6.91. The van der Waals surface area contributed by atoms with Gasteiger partial charge in [0.1, 0.15) is 5.75 Å². The monoisotopic (exact) mass is 253 g/mol. The van der Waals surface area contributed by atoms with Gasteiger partial charge in [-0.25, -0.2) is 0 Å². The van der Waals surface area contributed by atoms with Gasteiger partial charge < -0.3 is 10.1 Å². The molecular formula is C17H19NO. The molecule has 0 atom stereocenters. The molecule has 2 nitrogen and oxygen atoms in total. The number of aryl methyl sites for hydroxylation is 1. The van der Waals surface area contributed by atoms with Gasteiger partial charge in [-0.15, -0.1) is 0 Å². The van der Waals surface area contributed by atoms with Gasteiger partial charge >= 0.3 is 0 Å². The summed E-state index contributed by atoms with van der Waals surface area (Å²) in [5, 5.41) is 3.48. The molecule has 0 saturated carbocycles. The van der Waals surface area contributed by atoms with Gasteiger partial charge in [0.15, 0.2) is 0 Å². The zero-order chi connectivity index (χ0) is 12.9. The fraction of sp³-hybridized carbons (Fsp3) is 0.294. The Kier molecular flexibility index (Phi) is 3.80. The Morgan fingerprint density at radius 2 is 1.79 bits per heavy atom. The summed E-state index contributed by atoms with van der Waals surface area (Å²) < 4.78 is 5.63. The van der Waals surface area contributed by atoms with E-state index in [2.05, 4.69) is 47.8 Å². The average Bonchev–Trinajstić information content (AvgIpc) is 2.48. The van der Waals surface area contributed by atoms with E-state index in [4.69, 9.17) is 4.74 Å². The van der Waals surface area contributed by atoms with E-state index in [1.165, 1.54) is 16.7 Å². The van der Waals surface area contributed by atoms with Crippen molar-refractivity contribution < 1.29 is 4.74 Å². The lowest BCUT2D eigenvalue weighted by molar-refractivity contribution is 0.288. The number of fused-ring (bicyclic) bond motifs is 1. The largest absolute Gasteiger partial charge is 0.493 e. The molecule has 2 aromatic rings. The topological polar surface area (TPSA) is 21.3 Å². The van der Waals surface area contributed by atoms with Crippen LogP contribution >= 0.6 is 0 Å². The summed E-state index contributed by atoms with van der Waals surface area (Å²) >= 11 is 0. The molecule has 0 bridgehead atoms. The molecule has 98 valence electrons. The highest BCUT2D eigenvalue weighted by Crippen LogP contribution is 2.25. The van der Waals surface area contributed by atoms with Crippen LogP contribution in [0.5, 0.6) is 5.75 Å². The van der Waals surface area contributed by atoms with Crippen molar-refractivity contribution >= 4 is 0 Å². The molecule has 1 heterocycles. The van der Waals surface area contributed by atoms with Crippen molar-refractivity contribution in [2.24, 2.45) is 0 Å². The molecule has 0 radical (unpaired) electrons. The number of hydrogen-bond donors (Lipinski definition) is 1. The predicted octanol–water partition coefficient (Wildman–Crippen LogP) is 3.30. The van der Waals surface area contributed by atoms with Crippen LogP contribution in [-0.2, 0) is 19.5 Å². The van der Waals surface area contributed by atoms with Gasteiger partial charge in [-0.3, -0.25) is 0 Å². The van der Waals surface area contributed by atoms with E-state index < -0.39 is 0 Å². The second kappa shape index (κ2) is 5.89. The Morgan fingerprint density at radius 3 is 2.68 bits per heavy atom. The van der Waals surface area contributed by atoms with E-state index in [0.717, 1.165) is 38.3 Å². The van der Waals surface area contributed by atoms with Gasteiger partial charge in [0, 0.05) is 13.1 Å². The first kappa shape index (κ1) is 12.2. The standard InChI is InChI=1S/C17H19NO/c1-2-5-14(6-3-1)12-18-13-15-8-9-17-16(11-15)7-4-10-19-17/h1-3,5-6,8-9,11,18H,4,7,10,12-13H2. The van der Waals surface area contributed by atoms with Crippen LogP contribution in [-0.4, -0.2) is 6.61 Å². The number of ether oxygens (including phenoxy) is 1. The van der Waals surface area contributed by atoms with Crippen molar-refractivity contribution in [3.05, 3.63) is 65.2 Å². The summed E-state index contributed by atoms with van der Waals surface area (Å²) in [4.78, 5) is 0. The summed E-state index contributed by atoms with van der Waals surface area (Å²) in [5.74, 6) is 1.07. The van der Waals surface area contributed by atoms with E-state index in [0.29, 0.717) is 0 Å². The van der Waals surface area contributed by atoms with Crippen LogP contribution in [0.25, 0.3) is 0 Å². The van der Waals surface area contributed by atoms with Crippen LogP contribution in [0.3, 0.4) is 0 Å². The Labute approximate surface area is 114 Å². The third-order valence-corrected chi connectivity index (χ3v) is 3.47. The summed E-state index contributed by atoms with van der Waals surface area (Å²) in [5.41, 5.74) is 4.01. The fourth-order valence-corrected chi connectivity index (χ4v) is 2.47. The van der Waals surface area contributed by atoms with Crippen LogP contribution in [0, 0.1) is 0 Å². The molecule has 19 heavy (non-hydrogen) atoms. The molecular weight excluding hydrogens is 234 g/mol. The number of rotatable bonds is 4. The number of nitrogens with one attached hydrogen (secondary N) is 1. The maximum absolute atomic E-state index is 5.63. The van der Waals surface area contributed by atoms with Crippen molar-refractivity contribution in [2.75, 3.05) is 6.61 Å². The van der Waals surface area contributed by atoms with E-state index in [-0.39, 0.29) is 0 Å². The van der Waals surface area contributed by atoms with Gasteiger partial charge in [-0.1, -0.05) is 42.5 Å². The van der Waals surface area contributed by atoms with Crippen molar-refractivity contribution in [2.45, 2.75) is 25.9 Å². The van der Waals surface area contributed by atoms with Crippen LogP contribution < -0.4 is 10.1 Å². The highest BCUT2D eigenvalue weighted by molar-refractivity contribution is 5.38. The van der Waals surface area contributed by atoms with Crippen LogP contribution in [0.4, 0.5) is 0 Å². The number of hydrogen-bond acceptors (Lipinski definition) is 2. The lowest BCUT2D eigenvalue weighted by atomic mass is 10.0. The second-order valence-electron chi connectivity index (χ2n) is 4.98. The fourth-order valence-electron chi connectivity index (χ4n) is 2.47. The van der Waals surface area contributed by atoms with Gasteiger partial charge in [0.05, 0.1) is 6.61 Å². The van der Waals surface area contributed by atoms with E-state index in [1.54, 1.807) is 0 Å². The molecule has 1 aliphatic heterocycles. The quantitative estimate of drug-likeness (QED) is 0.902. The SMILES string of the molecule is c1ccc(CNCc2ccc3c(c2)CCCO3)cc1. The Bertz CT molecular complexity index is 536. The Hall–Kier alpha value is -1.80. The van der Waals surface area contributed by atoms with E-state index in [1.807, 2.05) is 6.07 Å². The zero-order valence-electron chi connectivity index (χ0n) is 11.1. The molecule has 0 fully saturated rings. The van der Waals surface area contributed by atoms with Gasteiger partial charge in [0.2, 0.25) is 0 Å². The molecule has 2 aromatic carbocycles. The molecule has 1 aliphatic rings. The first-order valence-electron chi connectivity index (χ1n) is 6.91. The molecule has 0 spiro atoms. The molecule has 0 aromatic heterocycles. The Morgan fingerprint density at radius 1 is 0.947 bits per heavy atom. The molecule has 2 heteroatoms. The van der Waals surface area contributed by atoms with Gasteiger partial charge in [-0.2, -0.15) is 0 Å². The van der Waals surface area contributed by atoms with Crippen molar-refractivity contribution in [3.63, 3.8) is 0 Å². The van der Waals surface area contributed by atoms with Crippen LogP contribution in [0.1, 0.15) is 23.1 Å². The lowest BCUT2D eigenvalue weighted by Gasteiger charge is -2.18. The molecule has 0 amide bonds. The molecule has 1 N–H and O–H groups in total. The summed E-state index contributed by atoms with van der Waals surface area (Å²) in [6.45, 7) is 2.68. The molecule has 0 unspecified atom stereocenters. The van der Waals surface area contributed by atoms with Gasteiger partial charge in [-0.05, 0) is 35.6 Å². The van der Waals surface area contributed by atoms with E-state index in [9.17, 15) is 0 Å². The minimum Gasteiger partial charge on any atom is -0.493 e. The Balaban J connectivity index is 1.58. The predicted molar refractivity (Wildman–Crippen MR) is 77.2 cm³/mol. The highest BCUT2D eigenvalue weighted by Gasteiger charge is 2.10. The minimum atomic E-state index is 0.860. The minimum absolute atomic E-state index is 0.860. The third kappa shape index (κ3) is 3.15. The van der Waals surface area contributed by atoms with Crippen LogP contribution in [0.15, 0.2) is 48.5 Å². The first-order chi connectivity index (χ1) is 9.42. The van der Waals surface area contributed by atoms with Crippen molar-refractivity contribution in [3.8, 4) is 5.75 Å². The van der Waals surface area contributed by atoms with Crippen molar-refractivity contribution in [1.29, 1.82) is 0 Å². The summed E-state index contributed by atoms with van der Waals surface area (Å²) in [7, 11) is 0. The van der Waals surface area contributed by atoms with Gasteiger partial charge in [0.25, 0.3) is 0 Å². The molecule has 0 saturated heterocycles. The summed E-state index contributed by atoms with van der Waals surface area (Å²) in [6.07, 6.45) is 2.27. The summed E-state index contributed by atoms with van der Waals surface area (Å²) in [6, 6.07) is 17.0. The van der Waals surface area contributed by atoms with Crippen molar-refractivity contribution in [1.82, 2.24) is 5.32 Å². The smallest absolute Gasteiger partial charge is 0.122 e. The highest BCUT2D eigenvalue weighted by atomic mass is 16.5.